The molecule has 1 rings (SSSR count). The number of hydrogen-bond acceptors (Lipinski definition) is 4. The molecule has 0 atom stereocenters. The van der Waals surface area contributed by atoms with Crippen molar-refractivity contribution in [3.63, 3.8) is 0 Å². The van der Waals surface area contributed by atoms with E-state index in [0.717, 1.165) is 0 Å². The Morgan fingerprint density at radius 1 is 1.50 bits per heavy atom. The van der Waals surface area contributed by atoms with Gasteiger partial charge >= 0.3 is 5.97 Å². The van der Waals surface area contributed by atoms with Crippen LogP contribution in [0.3, 0.4) is 0 Å². The van der Waals surface area contributed by atoms with E-state index in [0.29, 0.717) is 23.1 Å². The predicted molar refractivity (Wildman–Crippen MR) is 80.1 cm³/mol. The molecule has 0 radical (unpaired) electrons. The molecule has 0 heterocycles. The Hall–Kier alpha value is -1.63. The van der Waals surface area contributed by atoms with Gasteiger partial charge in [-0.2, -0.15) is 0 Å². The number of hydrogen-bond donors (Lipinski definition) is 1. The Bertz CT molecular complexity index is 505. The zero-order valence-electron chi connectivity index (χ0n) is 11.4. The van der Waals surface area contributed by atoms with E-state index in [-0.39, 0.29) is 18.2 Å². The molecule has 0 aliphatic carbocycles. The summed E-state index contributed by atoms with van der Waals surface area (Å²) in [4.78, 5) is 23.2. The lowest BCUT2D eigenvalue weighted by molar-refractivity contribution is -0.384. The van der Waals surface area contributed by atoms with Gasteiger partial charge in [0.2, 0.25) is 0 Å². The van der Waals surface area contributed by atoms with Crippen molar-refractivity contribution in [3.05, 3.63) is 32.8 Å². The largest absolute Gasteiger partial charge is 0.481 e. The molecule has 0 aliphatic rings. The molecule has 0 fully saturated rings. The van der Waals surface area contributed by atoms with Crippen LogP contribution in [0.4, 0.5) is 11.4 Å². The highest BCUT2D eigenvalue weighted by molar-refractivity contribution is 9.10. The number of anilines is 1. The molecule has 0 unspecified atom stereocenters. The number of carboxylic acid groups (broad SMARTS) is 1. The molecule has 1 N–H and O–H groups in total. The molecule has 0 spiro atoms. The van der Waals surface area contributed by atoms with E-state index in [1.54, 1.807) is 12.1 Å². The summed E-state index contributed by atoms with van der Waals surface area (Å²) < 4.78 is 0.641. The van der Waals surface area contributed by atoms with E-state index in [1.165, 1.54) is 6.07 Å². The Morgan fingerprint density at radius 3 is 2.65 bits per heavy atom. The molecule has 20 heavy (non-hydrogen) atoms. The highest BCUT2D eigenvalue weighted by Crippen LogP contribution is 2.32. The minimum absolute atomic E-state index is 0.0170. The zero-order valence-corrected chi connectivity index (χ0v) is 13.0. The Balaban J connectivity index is 3.02. The van der Waals surface area contributed by atoms with Gasteiger partial charge in [-0.1, -0.05) is 15.9 Å². The monoisotopic (exact) mass is 344 g/mol. The van der Waals surface area contributed by atoms with E-state index < -0.39 is 10.9 Å². The van der Waals surface area contributed by atoms with Crippen LogP contribution in [0.1, 0.15) is 26.7 Å². The standard InChI is InChI=1S/C13H17BrN2O4/c1-9(2)15(7-3-4-13(17)18)11-6-5-10(14)8-12(11)16(19)20/h5-6,8-9H,3-4,7H2,1-2H3,(H,17,18). The predicted octanol–water partition coefficient (Wildman–Crippen LogP) is 3.44. The maximum absolute atomic E-state index is 11.1. The first-order valence-electron chi connectivity index (χ1n) is 6.25. The third kappa shape index (κ3) is 4.48. The SMILES string of the molecule is CC(C)N(CCCC(=O)O)c1ccc(Br)cc1[N+](=O)[O-]. The maximum Gasteiger partial charge on any atom is 0.303 e. The molecule has 1 aromatic carbocycles. The average molecular weight is 345 g/mol. The second-order valence-electron chi connectivity index (χ2n) is 4.67. The molecule has 1 aromatic rings. The Kier molecular flexibility index (Phi) is 5.94. The molecular formula is C13H17BrN2O4. The quantitative estimate of drug-likeness (QED) is 0.605. The van der Waals surface area contributed by atoms with Gasteiger partial charge < -0.3 is 10.0 Å². The summed E-state index contributed by atoms with van der Waals surface area (Å²) in [5, 5.41) is 19.8. The van der Waals surface area contributed by atoms with Crippen LogP contribution < -0.4 is 4.90 Å². The van der Waals surface area contributed by atoms with Crippen LogP contribution in [0.15, 0.2) is 22.7 Å². The van der Waals surface area contributed by atoms with Gasteiger partial charge in [-0.3, -0.25) is 14.9 Å². The summed E-state index contributed by atoms with van der Waals surface area (Å²) in [6, 6.07) is 4.93. The van der Waals surface area contributed by atoms with Gasteiger partial charge in [-0.05, 0) is 32.4 Å². The Labute approximate surface area is 125 Å². The molecule has 0 bridgehead atoms. The van der Waals surface area contributed by atoms with Gasteiger partial charge in [-0.25, -0.2) is 0 Å². The topological polar surface area (TPSA) is 83.7 Å². The van der Waals surface area contributed by atoms with E-state index >= 15 is 0 Å². The average Bonchev–Trinajstić information content (AvgIpc) is 2.34. The van der Waals surface area contributed by atoms with Crippen LogP contribution in [0, 0.1) is 10.1 Å². The lowest BCUT2D eigenvalue weighted by atomic mass is 10.2. The summed E-state index contributed by atoms with van der Waals surface area (Å²) in [7, 11) is 0. The van der Waals surface area contributed by atoms with Crippen LogP contribution >= 0.6 is 15.9 Å². The minimum atomic E-state index is -0.862. The summed E-state index contributed by atoms with van der Waals surface area (Å²) >= 11 is 3.22. The van der Waals surface area contributed by atoms with Crippen LogP contribution in [0.2, 0.25) is 0 Å². The normalized spacial score (nSPS) is 10.6. The smallest absolute Gasteiger partial charge is 0.303 e. The number of nitro benzene ring substituents is 1. The van der Waals surface area contributed by atoms with Crippen molar-refractivity contribution in [3.8, 4) is 0 Å². The molecule has 0 amide bonds. The zero-order chi connectivity index (χ0) is 15.3. The first-order valence-corrected chi connectivity index (χ1v) is 7.04. The molecule has 110 valence electrons. The van der Waals surface area contributed by atoms with Gasteiger partial charge in [-0.15, -0.1) is 0 Å². The van der Waals surface area contributed by atoms with Crippen molar-refractivity contribution in [2.45, 2.75) is 32.7 Å². The maximum atomic E-state index is 11.1. The number of nitro groups is 1. The van der Waals surface area contributed by atoms with Crippen LogP contribution in [0.25, 0.3) is 0 Å². The first kappa shape index (κ1) is 16.4. The third-order valence-corrected chi connectivity index (χ3v) is 3.35. The molecule has 7 heteroatoms. The lowest BCUT2D eigenvalue weighted by Crippen LogP contribution is -2.32. The van der Waals surface area contributed by atoms with E-state index in [4.69, 9.17) is 5.11 Å². The van der Waals surface area contributed by atoms with Gasteiger partial charge in [0.1, 0.15) is 5.69 Å². The third-order valence-electron chi connectivity index (χ3n) is 2.86. The number of halogens is 1. The number of carboxylic acids is 1. The highest BCUT2D eigenvalue weighted by Gasteiger charge is 2.21. The first-order chi connectivity index (χ1) is 9.32. The van der Waals surface area contributed by atoms with E-state index in [2.05, 4.69) is 15.9 Å². The number of rotatable bonds is 7. The molecule has 0 saturated carbocycles. The summed E-state index contributed by atoms with van der Waals surface area (Å²) in [6.45, 7) is 4.31. The number of benzene rings is 1. The van der Waals surface area contributed by atoms with Crippen LogP contribution in [-0.4, -0.2) is 28.6 Å². The number of carbonyl (C=O) groups is 1. The number of aliphatic carboxylic acids is 1. The van der Waals surface area contributed by atoms with Crippen LogP contribution in [-0.2, 0) is 4.79 Å². The van der Waals surface area contributed by atoms with Gasteiger partial charge in [0.15, 0.2) is 0 Å². The van der Waals surface area contributed by atoms with E-state index in [9.17, 15) is 14.9 Å². The molecular weight excluding hydrogens is 328 g/mol. The second kappa shape index (κ2) is 7.23. The highest BCUT2D eigenvalue weighted by atomic mass is 79.9. The van der Waals surface area contributed by atoms with Gasteiger partial charge in [0.05, 0.1) is 4.92 Å². The molecule has 0 aliphatic heterocycles. The van der Waals surface area contributed by atoms with Crippen molar-refractivity contribution in [1.29, 1.82) is 0 Å². The number of nitrogens with zero attached hydrogens (tertiary/aromatic N) is 2. The van der Waals surface area contributed by atoms with Crippen molar-refractivity contribution in [2.24, 2.45) is 0 Å². The van der Waals surface area contributed by atoms with Crippen LogP contribution in [0.5, 0.6) is 0 Å². The fraction of sp³-hybridized carbons (Fsp3) is 0.462. The van der Waals surface area contributed by atoms with Crippen molar-refractivity contribution < 1.29 is 14.8 Å². The summed E-state index contributed by atoms with van der Waals surface area (Å²) in [6.07, 6.45) is 0.494. The summed E-state index contributed by atoms with van der Waals surface area (Å²) in [5.74, 6) is -0.862. The molecule has 0 aromatic heterocycles. The van der Waals surface area contributed by atoms with Crippen molar-refractivity contribution >= 4 is 33.3 Å². The summed E-state index contributed by atoms with van der Waals surface area (Å²) in [5.41, 5.74) is 0.530. The fourth-order valence-electron chi connectivity index (χ4n) is 1.94. The van der Waals surface area contributed by atoms with E-state index in [1.807, 2.05) is 18.7 Å². The van der Waals surface area contributed by atoms with Crippen molar-refractivity contribution in [1.82, 2.24) is 0 Å². The fourth-order valence-corrected chi connectivity index (χ4v) is 2.29. The lowest BCUT2D eigenvalue weighted by Gasteiger charge is -2.28. The van der Waals surface area contributed by atoms with Gasteiger partial charge in [0.25, 0.3) is 5.69 Å². The second-order valence-corrected chi connectivity index (χ2v) is 5.59. The minimum Gasteiger partial charge on any atom is -0.481 e. The Morgan fingerprint density at radius 2 is 2.15 bits per heavy atom. The van der Waals surface area contributed by atoms with Gasteiger partial charge in [0, 0.05) is 29.5 Å². The molecule has 6 nitrogen and oxygen atoms in total. The van der Waals surface area contributed by atoms with Crippen molar-refractivity contribution in [2.75, 3.05) is 11.4 Å². The molecule has 0 saturated heterocycles.